The zero-order valence-corrected chi connectivity index (χ0v) is 13.7. The lowest BCUT2D eigenvalue weighted by Gasteiger charge is -2.11. The highest BCUT2D eigenvalue weighted by molar-refractivity contribution is 9.10. The Bertz CT molecular complexity index is 783. The molecule has 4 nitrogen and oxygen atoms in total. The van der Waals surface area contributed by atoms with Crippen molar-refractivity contribution in [2.24, 2.45) is 5.14 Å². The fourth-order valence-corrected chi connectivity index (χ4v) is 3.04. The van der Waals surface area contributed by atoms with Gasteiger partial charge in [-0.3, -0.25) is 0 Å². The number of hydrogen-bond donors (Lipinski definition) is 1. The lowest BCUT2D eigenvalue weighted by atomic mass is 10.2. The molecule has 0 fully saturated rings. The van der Waals surface area contributed by atoms with Crippen LogP contribution in [0.3, 0.4) is 0 Å². The lowest BCUT2D eigenvalue weighted by Crippen LogP contribution is -2.14. The van der Waals surface area contributed by atoms with Crippen molar-refractivity contribution in [2.45, 2.75) is 11.5 Å². The first-order chi connectivity index (χ1) is 9.77. The summed E-state index contributed by atoms with van der Waals surface area (Å²) in [5, 5.41) is 5.48. The van der Waals surface area contributed by atoms with Crippen molar-refractivity contribution in [3.8, 4) is 5.75 Å². The smallest absolute Gasteiger partial charge is 0.241 e. The molecule has 0 heterocycles. The average molecular weight is 395 g/mol. The number of sulfonamides is 1. The molecule has 0 unspecified atom stereocenters. The minimum Gasteiger partial charge on any atom is -0.487 e. The summed E-state index contributed by atoms with van der Waals surface area (Å²) in [7, 11) is -3.95. The van der Waals surface area contributed by atoms with E-state index in [4.69, 9.17) is 21.5 Å². The number of rotatable bonds is 4. The lowest BCUT2D eigenvalue weighted by molar-refractivity contribution is 0.292. The zero-order valence-electron chi connectivity index (χ0n) is 10.5. The van der Waals surface area contributed by atoms with E-state index >= 15 is 0 Å². The van der Waals surface area contributed by atoms with Crippen LogP contribution in [0.5, 0.6) is 5.75 Å². The van der Waals surface area contributed by atoms with Crippen LogP contribution in [0.4, 0.5) is 4.39 Å². The summed E-state index contributed by atoms with van der Waals surface area (Å²) in [5.41, 5.74) is 0.214. The average Bonchev–Trinajstić information content (AvgIpc) is 2.40. The number of halogens is 3. The minimum atomic E-state index is -3.95. The van der Waals surface area contributed by atoms with Gasteiger partial charge in [0.1, 0.15) is 23.1 Å². The molecule has 2 N–H and O–H groups in total. The summed E-state index contributed by atoms with van der Waals surface area (Å²) in [6.45, 7) is -0.170. The SMILES string of the molecule is NS(=O)(=O)c1cc(Br)ccc1OCc1cc(Cl)ccc1F. The Kier molecular flexibility index (Phi) is 4.88. The van der Waals surface area contributed by atoms with Gasteiger partial charge in [-0.15, -0.1) is 0 Å². The van der Waals surface area contributed by atoms with Crippen molar-refractivity contribution in [3.63, 3.8) is 0 Å². The highest BCUT2D eigenvalue weighted by Crippen LogP contribution is 2.27. The molecule has 8 heteroatoms. The van der Waals surface area contributed by atoms with Gasteiger partial charge in [0.05, 0.1) is 0 Å². The number of nitrogens with two attached hydrogens (primary N) is 1. The molecule has 0 aromatic heterocycles. The predicted molar refractivity (Wildman–Crippen MR) is 81.3 cm³/mol. The molecule has 2 rings (SSSR count). The molecular weight excluding hydrogens is 385 g/mol. The third kappa shape index (κ3) is 4.16. The van der Waals surface area contributed by atoms with Gasteiger partial charge in [0, 0.05) is 15.1 Å². The van der Waals surface area contributed by atoms with E-state index < -0.39 is 15.8 Å². The summed E-state index contributed by atoms with van der Waals surface area (Å²) in [5.74, 6) is -0.450. The highest BCUT2D eigenvalue weighted by Gasteiger charge is 2.16. The van der Waals surface area contributed by atoms with Crippen LogP contribution in [0.15, 0.2) is 45.8 Å². The highest BCUT2D eigenvalue weighted by atomic mass is 79.9. The fraction of sp³-hybridized carbons (Fsp3) is 0.0769. The molecule has 0 aliphatic rings. The molecule has 2 aromatic rings. The van der Waals surface area contributed by atoms with Gasteiger partial charge in [-0.1, -0.05) is 27.5 Å². The third-order valence-corrected chi connectivity index (χ3v) is 4.26. The van der Waals surface area contributed by atoms with E-state index in [1.165, 1.54) is 30.3 Å². The number of primary sulfonamides is 1. The number of hydrogen-bond acceptors (Lipinski definition) is 3. The second-order valence-corrected chi connectivity index (χ2v) is 7.04. The van der Waals surface area contributed by atoms with Gasteiger partial charge in [-0.25, -0.2) is 17.9 Å². The first kappa shape index (κ1) is 16.2. The molecule has 0 atom stereocenters. The summed E-state index contributed by atoms with van der Waals surface area (Å²) < 4.78 is 42.5. The molecule has 0 saturated carbocycles. The summed E-state index contributed by atoms with van der Waals surface area (Å²) in [6, 6.07) is 8.38. The molecule has 0 saturated heterocycles. The van der Waals surface area contributed by atoms with Crippen molar-refractivity contribution in [2.75, 3.05) is 0 Å². The molecule has 0 spiro atoms. The topological polar surface area (TPSA) is 69.4 Å². The Morgan fingerprint density at radius 1 is 1.24 bits per heavy atom. The second kappa shape index (κ2) is 6.31. The van der Waals surface area contributed by atoms with E-state index in [9.17, 15) is 12.8 Å². The van der Waals surface area contributed by atoms with E-state index in [0.717, 1.165) is 0 Å². The third-order valence-electron chi connectivity index (χ3n) is 2.60. The quantitative estimate of drug-likeness (QED) is 0.863. The summed E-state index contributed by atoms with van der Waals surface area (Å²) in [4.78, 5) is -0.181. The first-order valence-electron chi connectivity index (χ1n) is 5.66. The summed E-state index contributed by atoms with van der Waals surface area (Å²) >= 11 is 8.93. The Labute approximate surface area is 134 Å². The van der Waals surface area contributed by atoms with Crippen LogP contribution in [-0.2, 0) is 16.6 Å². The monoisotopic (exact) mass is 393 g/mol. The maximum atomic E-state index is 13.6. The van der Waals surface area contributed by atoms with E-state index in [-0.39, 0.29) is 22.8 Å². The van der Waals surface area contributed by atoms with Crippen LogP contribution in [0, 0.1) is 5.82 Å². The van der Waals surface area contributed by atoms with Gasteiger partial charge in [0.2, 0.25) is 10.0 Å². The largest absolute Gasteiger partial charge is 0.487 e. The van der Waals surface area contributed by atoms with Crippen LogP contribution in [0.2, 0.25) is 5.02 Å². The Morgan fingerprint density at radius 2 is 1.95 bits per heavy atom. The van der Waals surface area contributed by atoms with E-state index in [1.807, 2.05) is 0 Å². The van der Waals surface area contributed by atoms with E-state index in [1.54, 1.807) is 6.07 Å². The van der Waals surface area contributed by atoms with Gasteiger partial charge in [-0.05, 0) is 36.4 Å². The van der Waals surface area contributed by atoms with Crippen molar-refractivity contribution >= 4 is 37.6 Å². The molecule has 2 aromatic carbocycles. The van der Waals surface area contributed by atoms with Crippen molar-refractivity contribution in [1.29, 1.82) is 0 Å². The van der Waals surface area contributed by atoms with Crippen molar-refractivity contribution < 1.29 is 17.5 Å². The maximum absolute atomic E-state index is 13.6. The van der Waals surface area contributed by atoms with Crippen molar-refractivity contribution in [3.05, 3.63) is 57.3 Å². The molecule has 0 aliphatic carbocycles. The molecule has 112 valence electrons. The molecule has 21 heavy (non-hydrogen) atoms. The normalized spacial score (nSPS) is 11.4. The van der Waals surface area contributed by atoms with Crippen LogP contribution in [-0.4, -0.2) is 8.42 Å². The second-order valence-electron chi connectivity index (χ2n) is 4.16. The van der Waals surface area contributed by atoms with Gasteiger partial charge >= 0.3 is 0 Å². The standard InChI is InChI=1S/C13H10BrClFNO3S/c14-9-1-4-12(13(6-9)21(17,18)19)20-7-8-5-10(15)2-3-11(8)16/h1-6H,7H2,(H2,17,18,19). The molecular formula is C13H10BrClFNO3S. The van der Waals surface area contributed by atoms with Gasteiger partial charge in [0.25, 0.3) is 0 Å². The Balaban J connectivity index is 2.30. The van der Waals surface area contributed by atoms with Gasteiger partial charge < -0.3 is 4.74 Å². The molecule has 0 amide bonds. The van der Waals surface area contributed by atoms with Crippen LogP contribution >= 0.6 is 27.5 Å². The first-order valence-corrected chi connectivity index (χ1v) is 8.38. The van der Waals surface area contributed by atoms with E-state index in [2.05, 4.69) is 15.9 Å². The minimum absolute atomic E-state index is 0.0417. The number of benzene rings is 2. The van der Waals surface area contributed by atoms with Crippen molar-refractivity contribution in [1.82, 2.24) is 0 Å². The van der Waals surface area contributed by atoms with Crippen LogP contribution in [0.25, 0.3) is 0 Å². The van der Waals surface area contributed by atoms with Gasteiger partial charge in [-0.2, -0.15) is 0 Å². The Morgan fingerprint density at radius 3 is 2.62 bits per heavy atom. The molecule has 0 bridgehead atoms. The van der Waals surface area contributed by atoms with E-state index in [0.29, 0.717) is 9.50 Å². The Hall–Kier alpha value is -1.15. The zero-order chi connectivity index (χ0) is 15.6. The maximum Gasteiger partial charge on any atom is 0.241 e. The van der Waals surface area contributed by atoms with Gasteiger partial charge in [0.15, 0.2) is 0 Å². The summed E-state index contributed by atoms with van der Waals surface area (Å²) in [6.07, 6.45) is 0. The van der Waals surface area contributed by atoms with Crippen LogP contribution in [0.1, 0.15) is 5.56 Å². The predicted octanol–water partition coefficient (Wildman–Crippen LogP) is 3.47. The fourth-order valence-electron chi connectivity index (χ4n) is 1.63. The number of ether oxygens (including phenoxy) is 1. The molecule has 0 aliphatic heterocycles. The molecule has 0 radical (unpaired) electrons. The van der Waals surface area contributed by atoms with Crippen LogP contribution < -0.4 is 9.88 Å².